The molecule has 2 unspecified atom stereocenters. The van der Waals surface area contributed by atoms with Gasteiger partial charge in [0.05, 0.1) is 6.04 Å². The normalized spacial score (nSPS) is 23.3. The third-order valence-corrected chi connectivity index (χ3v) is 6.05. The van der Waals surface area contributed by atoms with Crippen molar-refractivity contribution in [2.45, 2.75) is 37.8 Å². The molecule has 20 heavy (non-hydrogen) atoms. The molecule has 2 nitrogen and oxygen atoms in total. The van der Waals surface area contributed by atoms with Gasteiger partial charge in [-0.05, 0) is 41.7 Å². The Bertz CT molecular complexity index is 460. The minimum atomic E-state index is 0.284. The van der Waals surface area contributed by atoms with Crippen molar-refractivity contribution < 1.29 is 5.11 Å². The largest absolute Gasteiger partial charge is 0.396 e. The SMILES string of the molecule is OCC1CCCCC1NC(c1cccs1)c1cccs1. The van der Waals surface area contributed by atoms with Crippen LogP contribution in [0.2, 0.25) is 0 Å². The van der Waals surface area contributed by atoms with Gasteiger partial charge in [0.15, 0.2) is 0 Å². The number of nitrogens with one attached hydrogen (secondary N) is 1. The van der Waals surface area contributed by atoms with Crippen LogP contribution in [-0.4, -0.2) is 17.8 Å². The molecule has 2 heterocycles. The van der Waals surface area contributed by atoms with E-state index in [-0.39, 0.29) is 6.04 Å². The van der Waals surface area contributed by atoms with Gasteiger partial charge in [-0.25, -0.2) is 0 Å². The smallest absolute Gasteiger partial charge is 0.0767 e. The van der Waals surface area contributed by atoms with Gasteiger partial charge in [0.2, 0.25) is 0 Å². The summed E-state index contributed by atoms with van der Waals surface area (Å²) in [5.74, 6) is 0.408. The lowest BCUT2D eigenvalue weighted by Gasteiger charge is -2.34. The highest BCUT2D eigenvalue weighted by Crippen LogP contribution is 2.33. The van der Waals surface area contributed by atoms with Crippen molar-refractivity contribution in [3.63, 3.8) is 0 Å². The first-order valence-corrected chi connectivity index (χ1v) is 9.08. The average molecular weight is 307 g/mol. The Kier molecular flexibility index (Phi) is 4.89. The van der Waals surface area contributed by atoms with Gasteiger partial charge in [-0.3, -0.25) is 0 Å². The summed E-state index contributed by atoms with van der Waals surface area (Å²) in [6, 6.07) is 9.37. The van der Waals surface area contributed by atoms with Crippen LogP contribution in [0.5, 0.6) is 0 Å². The molecule has 2 N–H and O–H groups in total. The zero-order chi connectivity index (χ0) is 13.8. The maximum atomic E-state index is 9.60. The summed E-state index contributed by atoms with van der Waals surface area (Å²) in [6.45, 7) is 0.305. The standard InChI is InChI=1S/C16H21NOS2/c18-11-12-5-1-2-6-13(12)17-16(14-7-3-9-19-14)15-8-4-10-20-15/h3-4,7-10,12-13,16-18H,1-2,5-6,11H2. The van der Waals surface area contributed by atoms with E-state index in [2.05, 4.69) is 40.3 Å². The van der Waals surface area contributed by atoms with E-state index in [9.17, 15) is 5.11 Å². The molecule has 2 atom stereocenters. The highest BCUT2D eigenvalue weighted by Gasteiger charge is 2.28. The minimum Gasteiger partial charge on any atom is -0.396 e. The molecule has 0 bridgehead atoms. The van der Waals surface area contributed by atoms with Gasteiger partial charge < -0.3 is 10.4 Å². The molecule has 0 spiro atoms. The topological polar surface area (TPSA) is 32.3 Å². The van der Waals surface area contributed by atoms with Gasteiger partial charge in [-0.2, -0.15) is 0 Å². The Morgan fingerprint density at radius 2 is 1.75 bits per heavy atom. The van der Waals surface area contributed by atoms with Crippen LogP contribution in [0, 0.1) is 5.92 Å². The lowest BCUT2D eigenvalue weighted by Crippen LogP contribution is -2.42. The van der Waals surface area contributed by atoms with Crippen molar-refractivity contribution in [2.24, 2.45) is 5.92 Å². The molecule has 2 aromatic rings. The Balaban J connectivity index is 1.80. The van der Waals surface area contributed by atoms with Gasteiger partial charge in [0.1, 0.15) is 0 Å². The molecule has 1 aliphatic rings. The molecular weight excluding hydrogens is 286 g/mol. The van der Waals surface area contributed by atoms with E-state index in [4.69, 9.17) is 0 Å². The predicted molar refractivity (Wildman–Crippen MR) is 86.4 cm³/mol. The summed E-state index contributed by atoms with van der Waals surface area (Å²) >= 11 is 3.62. The van der Waals surface area contributed by atoms with Crippen LogP contribution in [0.4, 0.5) is 0 Å². The minimum absolute atomic E-state index is 0.284. The molecule has 3 rings (SSSR count). The summed E-state index contributed by atoms with van der Waals surface area (Å²) in [7, 11) is 0. The summed E-state index contributed by atoms with van der Waals surface area (Å²) in [4.78, 5) is 2.74. The summed E-state index contributed by atoms with van der Waals surface area (Å²) in [6.07, 6.45) is 4.86. The van der Waals surface area contributed by atoms with Crippen LogP contribution >= 0.6 is 22.7 Å². The van der Waals surface area contributed by atoms with Crippen molar-refractivity contribution in [1.82, 2.24) is 5.32 Å². The van der Waals surface area contributed by atoms with Crippen LogP contribution in [-0.2, 0) is 0 Å². The summed E-state index contributed by atoms with van der Waals surface area (Å²) < 4.78 is 0. The van der Waals surface area contributed by atoms with E-state index >= 15 is 0 Å². The molecule has 4 heteroatoms. The number of thiophene rings is 2. The lowest BCUT2D eigenvalue weighted by atomic mass is 9.84. The fraction of sp³-hybridized carbons (Fsp3) is 0.500. The second kappa shape index (κ2) is 6.85. The Hall–Kier alpha value is -0.680. The van der Waals surface area contributed by atoms with Gasteiger partial charge in [-0.15, -0.1) is 22.7 Å². The fourth-order valence-electron chi connectivity index (χ4n) is 3.08. The molecular formula is C16H21NOS2. The fourth-order valence-corrected chi connectivity index (χ4v) is 4.75. The summed E-state index contributed by atoms with van der Waals surface area (Å²) in [5.41, 5.74) is 0. The van der Waals surface area contributed by atoms with Crippen LogP contribution in [0.3, 0.4) is 0 Å². The van der Waals surface area contributed by atoms with Gasteiger partial charge in [0.25, 0.3) is 0 Å². The van der Waals surface area contributed by atoms with Crippen LogP contribution in [0.15, 0.2) is 35.0 Å². The first-order chi connectivity index (χ1) is 9.88. The van der Waals surface area contributed by atoms with Gasteiger partial charge in [0, 0.05) is 22.4 Å². The first kappa shape index (κ1) is 14.3. The molecule has 0 radical (unpaired) electrons. The molecule has 2 aromatic heterocycles. The molecule has 0 amide bonds. The Morgan fingerprint density at radius 3 is 2.30 bits per heavy atom. The summed E-state index contributed by atoms with van der Waals surface area (Å²) in [5, 5.41) is 17.7. The Morgan fingerprint density at radius 1 is 1.10 bits per heavy atom. The quantitative estimate of drug-likeness (QED) is 0.874. The third kappa shape index (κ3) is 3.14. The molecule has 1 aliphatic carbocycles. The highest BCUT2D eigenvalue weighted by atomic mass is 32.1. The van der Waals surface area contributed by atoms with Crippen molar-refractivity contribution in [3.8, 4) is 0 Å². The second-order valence-electron chi connectivity index (χ2n) is 5.46. The van der Waals surface area contributed by atoms with Crippen LogP contribution in [0.1, 0.15) is 41.5 Å². The van der Waals surface area contributed by atoms with Crippen molar-refractivity contribution in [1.29, 1.82) is 0 Å². The molecule has 1 saturated carbocycles. The zero-order valence-electron chi connectivity index (χ0n) is 11.5. The first-order valence-electron chi connectivity index (χ1n) is 7.32. The van der Waals surface area contributed by atoms with Crippen molar-refractivity contribution >= 4 is 22.7 Å². The van der Waals surface area contributed by atoms with Crippen molar-refractivity contribution in [2.75, 3.05) is 6.61 Å². The molecule has 0 aromatic carbocycles. The van der Waals surface area contributed by atoms with Crippen molar-refractivity contribution in [3.05, 3.63) is 44.8 Å². The molecule has 1 fully saturated rings. The highest BCUT2D eigenvalue weighted by molar-refractivity contribution is 7.11. The van der Waals surface area contributed by atoms with E-state index in [0.29, 0.717) is 18.6 Å². The monoisotopic (exact) mass is 307 g/mol. The maximum Gasteiger partial charge on any atom is 0.0767 e. The van der Waals surface area contributed by atoms with Gasteiger partial charge in [-0.1, -0.05) is 25.0 Å². The van der Waals surface area contributed by atoms with E-state index in [1.54, 1.807) is 0 Å². The number of aliphatic hydroxyl groups excluding tert-OH is 1. The number of aliphatic hydroxyl groups is 1. The lowest BCUT2D eigenvalue weighted by molar-refractivity contribution is 0.149. The zero-order valence-corrected chi connectivity index (χ0v) is 13.1. The average Bonchev–Trinajstić information content (AvgIpc) is 3.18. The van der Waals surface area contributed by atoms with E-state index in [1.807, 2.05) is 22.7 Å². The van der Waals surface area contributed by atoms with Crippen LogP contribution in [0.25, 0.3) is 0 Å². The number of rotatable bonds is 5. The van der Waals surface area contributed by atoms with E-state index < -0.39 is 0 Å². The maximum absolute atomic E-state index is 9.60. The Labute approximate surface area is 128 Å². The number of hydrogen-bond acceptors (Lipinski definition) is 4. The second-order valence-corrected chi connectivity index (χ2v) is 7.42. The molecule has 0 aliphatic heterocycles. The van der Waals surface area contributed by atoms with Gasteiger partial charge >= 0.3 is 0 Å². The molecule has 0 saturated heterocycles. The van der Waals surface area contributed by atoms with Crippen LogP contribution < -0.4 is 5.32 Å². The van der Waals surface area contributed by atoms with E-state index in [0.717, 1.165) is 6.42 Å². The molecule has 108 valence electrons. The predicted octanol–water partition coefficient (Wildman–Crippen LogP) is 4.04. The third-order valence-electron chi connectivity index (χ3n) is 4.18. The van der Waals surface area contributed by atoms with E-state index in [1.165, 1.54) is 29.0 Å². The number of hydrogen-bond donors (Lipinski definition) is 2.